The van der Waals surface area contributed by atoms with Crippen LogP contribution in [0.2, 0.25) is 5.02 Å². The van der Waals surface area contributed by atoms with Gasteiger partial charge in [0.15, 0.2) is 0 Å². The maximum atomic E-state index is 13.6. The van der Waals surface area contributed by atoms with E-state index < -0.39 is 0 Å². The van der Waals surface area contributed by atoms with Gasteiger partial charge in [-0.15, -0.1) is 0 Å². The first kappa shape index (κ1) is 12.6. The number of nitrogens with one attached hydrogen (secondary N) is 1. The molecule has 2 aromatic carbocycles. The highest BCUT2D eigenvalue weighted by atomic mass is 35.5. The second-order valence-electron chi connectivity index (χ2n) is 4.91. The Morgan fingerprint density at radius 3 is 2.74 bits per heavy atom. The molecule has 98 valence electrons. The minimum absolute atomic E-state index is 0.0757. The van der Waals surface area contributed by atoms with Gasteiger partial charge in [-0.1, -0.05) is 35.9 Å². The topological polar surface area (TPSA) is 12.0 Å². The second-order valence-corrected chi connectivity index (χ2v) is 5.34. The van der Waals surface area contributed by atoms with Gasteiger partial charge in [-0.3, -0.25) is 0 Å². The van der Waals surface area contributed by atoms with Crippen molar-refractivity contribution in [3.8, 4) is 0 Å². The van der Waals surface area contributed by atoms with Crippen LogP contribution in [0.15, 0.2) is 42.5 Å². The SMILES string of the molecule is Fc1cccc2c1CCC2NCc1ccc(Cl)cc1. The van der Waals surface area contributed by atoms with E-state index in [-0.39, 0.29) is 11.9 Å². The number of halogens is 2. The Morgan fingerprint density at radius 1 is 1.16 bits per heavy atom. The lowest BCUT2D eigenvalue weighted by Crippen LogP contribution is -2.18. The minimum Gasteiger partial charge on any atom is -0.306 e. The summed E-state index contributed by atoms with van der Waals surface area (Å²) in [5, 5.41) is 4.24. The van der Waals surface area contributed by atoms with Gasteiger partial charge < -0.3 is 5.32 Å². The zero-order valence-corrected chi connectivity index (χ0v) is 11.3. The van der Waals surface area contributed by atoms with Crippen molar-refractivity contribution in [2.75, 3.05) is 0 Å². The maximum Gasteiger partial charge on any atom is 0.126 e. The highest BCUT2D eigenvalue weighted by molar-refractivity contribution is 6.30. The predicted octanol–water partition coefficient (Wildman–Crippen LogP) is 4.26. The molecule has 0 saturated heterocycles. The van der Waals surface area contributed by atoms with Crippen molar-refractivity contribution in [3.63, 3.8) is 0 Å². The summed E-state index contributed by atoms with van der Waals surface area (Å²) >= 11 is 5.86. The number of fused-ring (bicyclic) bond motifs is 1. The van der Waals surface area contributed by atoms with Crippen LogP contribution >= 0.6 is 11.6 Å². The molecule has 1 atom stereocenters. The van der Waals surface area contributed by atoms with E-state index in [4.69, 9.17) is 11.6 Å². The van der Waals surface area contributed by atoms with E-state index in [9.17, 15) is 4.39 Å². The highest BCUT2D eigenvalue weighted by Crippen LogP contribution is 2.32. The minimum atomic E-state index is -0.0757. The van der Waals surface area contributed by atoms with Gasteiger partial charge in [0.2, 0.25) is 0 Å². The molecule has 3 rings (SSSR count). The summed E-state index contributed by atoms with van der Waals surface area (Å²) in [5.74, 6) is -0.0757. The summed E-state index contributed by atoms with van der Waals surface area (Å²) in [6.07, 6.45) is 1.78. The molecule has 1 nitrogen and oxygen atoms in total. The van der Waals surface area contributed by atoms with Crippen molar-refractivity contribution in [3.05, 3.63) is 70.0 Å². The summed E-state index contributed by atoms with van der Waals surface area (Å²) in [7, 11) is 0. The van der Waals surface area contributed by atoms with Crippen LogP contribution in [0, 0.1) is 5.82 Å². The lowest BCUT2D eigenvalue weighted by molar-refractivity contribution is 0.530. The fourth-order valence-corrected chi connectivity index (χ4v) is 2.79. The zero-order valence-electron chi connectivity index (χ0n) is 10.5. The molecule has 19 heavy (non-hydrogen) atoms. The van der Waals surface area contributed by atoms with Crippen LogP contribution < -0.4 is 5.32 Å². The van der Waals surface area contributed by atoms with E-state index in [0.717, 1.165) is 35.5 Å². The van der Waals surface area contributed by atoms with Gasteiger partial charge in [0.25, 0.3) is 0 Å². The molecule has 0 amide bonds. The molecular formula is C16H15ClFN. The Hall–Kier alpha value is -1.38. The second kappa shape index (κ2) is 5.32. The van der Waals surface area contributed by atoms with Crippen LogP contribution in [0.25, 0.3) is 0 Å². The number of hydrogen-bond acceptors (Lipinski definition) is 1. The molecule has 0 heterocycles. The molecular weight excluding hydrogens is 261 g/mol. The van der Waals surface area contributed by atoms with E-state index in [1.54, 1.807) is 12.1 Å². The Kier molecular flexibility index (Phi) is 3.54. The third kappa shape index (κ3) is 2.65. The van der Waals surface area contributed by atoms with E-state index in [1.807, 2.05) is 30.3 Å². The summed E-state index contributed by atoms with van der Waals surface area (Å²) < 4.78 is 13.6. The molecule has 0 radical (unpaired) electrons. The first-order valence-electron chi connectivity index (χ1n) is 6.49. The fraction of sp³-hybridized carbons (Fsp3) is 0.250. The first-order chi connectivity index (χ1) is 9.24. The molecule has 0 saturated carbocycles. The average molecular weight is 276 g/mol. The molecule has 0 aromatic heterocycles. The van der Waals surface area contributed by atoms with Crippen molar-refractivity contribution in [2.45, 2.75) is 25.4 Å². The maximum absolute atomic E-state index is 13.6. The van der Waals surface area contributed by atoms with Crippen molar-refractivity contribution >= 4 is 11.6 Å². The monoisotopic (exact) mass is 275 g/mol. The lowest BCUT2D eigenvalue weighted by atomic mass is 10.1. The average Bonchev–Trinajstić information content (AvgIpc) is 2.83. The van der Waals surface area contributed by atoms with E-state index in [1.165, 1.54) is 5.56 Å². The van der Waals surface area contributed by atoms with E-state index in [2.05, 4.69) is 5.32 Å². The van der Waals surface area contributed by atoms with Crippen LogP contribution in [0.1, 0.15) is 29.2 Å². The van der Waals surface area contributed by atoms with E-state index in [0.29, 0.717) is 0 Å². The van der Waals surface area contributed by atoms with Gasteiger partial charge in [-0.05, 0) is 47.7 Å². The van der Waals surface area contributed by atoms with Gasteiger partial charge in [-0.25, -0.2) is 4.39 Å². The third-order valence-electron chi connectivity index (χ3n) is 3.68. The first-order valence-corrected chi connectivity index (χ1v) is 6.87. The van der Waals surface area contributed by atoms with Crippen LogP contribution in [-0.2, 0) is 13.0 Å². The molecule has 3 heteroatoms. The Morgan fingerprint density at radius 2 is 1.95 bits per heavy atom. The quantitative estimate of drug-likeness (QED) is 0.883. The van der Waals surface area contributed by atoms with Crippen LogP contribution in [0.4, 0.5) is 4.39 Å². The Bertz CT molecular complexity index is 580. The summed E-state index contributed by atoms with van der Waals surface area (Å²) in [5.41, 5.74) is 3.17. The molecule has 0 fully saturated rings. The van der Waals surface area contributed by atoms with Crippen LogP contribution in [0.5, 0.6) is 0 Å². The third-order valence-corrected chi connectivity index (χ3v) is 3.93. The van der Waals surface area contributed by atoms with Crippen LogP contribution in [-0.4, -0.2) is 0 Å². The molecule has 0 bridgehead atoms. The van der Waals surface area contributed by atoms with Gasteiger partial charge >= 0.3 is 0 Å². The van der Waals surface area contributed by atoms with Crippen LogP contribution in [0.3, 0.4) is 0 Å². The van der Waals surface area contributed by atoms with Gasteiger partial charge in [0, 0.05) is 17.6 Å². The standard InChI is InChI=1S/C16H15ClFN/c17-12-6-4-11(5-7-12)10-19-16-9-8-13-14(16)2-1-3-15(13)18/h1-7,16,19H,8-10H2. The predicted molar refractivity (Wildman–Crippen MR) is 75.8 cm³/mol. The molecule has 1 aliphatic carbocycles. The highest BCUT2D eigenvalue weighted by Gasteiger charge is 2.24. The van der Waals surface area contributed by atoms with Gasteiger partial charge in [0.05, 0.1) is 0 Å². The molecule has 2 aromatic rings. The fourth-order valence-electron chi connectivity index (χ4n) is 2.67. The largest absolute Gasteiger partial charge is 0.306 e. The zero-order chi connectivity index (χ0) is 13.2. The smallest absolute Gasteiger partial charge is 0.126 e. The lowest BCUT2D eigenvalue weighted by Gasteiger charge is -2.14. The van der Waals surface area contributed by atoms with Crippen molar-refractivity contribution in [1.29, 1.82) is 0 Å². The Balaban J connectivity index is 1.70. The van der Waals surface area contributed by atoms with Gasteiger partial charge in [0.1, 0.15) is 5.82 Å². The number of benzene rings is 2. The summed E-state index contributed by atoms with van der Waals surface area (Å²) in [6, 6.07) is 13.4. The summed E-state index contributed by atoms with van der Waals surface area (Å²) in [6.45, 7) is 0.776. The van der Waals surface area contributed by atoms with Gasteiger partial charge in [-0.2, -0.15) is 0 Å². The number of rotatable bonds is 3. The van der Waals surface area contributed by atoms with Crippen molar-refractivity contribution in [1.82, 2.24) is 5.32 Å². The molecule has 1 unspecified atom stereocenters. The molecule has 0 aliphatic heterocycles. The number of hydrogen-bond donors (Lipinski definition) is 1. The van der Waals surface area contributed by atoms with E-state index >= 15 is 0 Å². The molecule has 1 N–H and O–H groups in total. The summed E-state index contributed by atoms with van der Waals surface area (Å²) in [4.78, 5) is 0. The molecule has 0 spiro atoms. The molecule has 1 aliphatic rings. The van der Waals surface area contributed by atoms with Crippen molar-refractivity contribution in [2.24, 2.45) is 0 Å². The Labute approximate surface area is 117 Å². The normalized spacial score (nSPS) is 17.5. The van der Waals surface area contributed by atoms with Crippen molar-refractivity contribution < 1.29 is 4.39 Å².